The molecule has 18 heavy (non-hydrogen) atoms. The van der Waals surface area contributed by atoms with Gasteiger partial charge in [0.05, 0.1) is 0 Å². The Balaban J connectivity index is 2.04. The molecule has 1 aliphatic rings. The number of aromatic amines is 1. The maximum Gasteiger partial charge on any atom is 0.222 e. The molecule has 0 atom stereocenters. The van der Waals surface area contributed by atoms with E-state index in [1.54, 1.807) is 0 Å². The fourth-order valence-electron chi connectivity index (χ4n) is 2.77. The molecule has 3 heteroatoms. The van der Waals surface area contributed by atoms with Crippen LogP contribution in [-0.2, 0) is 17.8 Å². The van der Waals surface area contributed by atoms with Gasteiger partial charge in [0.25, 0.3) is 0 Å². The number of hydrogen-bond acceptors (Lipinski definition) is 1. The smallest absolute Gasteiger partial charge is 0.222 e. The third-order valence-corrected chi connectivity index (χ3v) is 3.79. The molecule has 1 aromatic heterocycles. The highest BCUT2D eigenvalue weighted by Crippen LogP contribution is 2.28. The van der Waals surface area contributed by atoms with Gasteiger partial charge in [-0.05, 0) is 18.6 Å². The second-order valence-electron chi connectivity index (χ2n) is 5.05. The topological polar surface area (TPSA) is 36.1 Å². The van der Waals surface area contributed by atoms with Crippen molar-refractivity contribution in [3.8, 4) is 0 Å². The highest BCUT2D eigenvalue weighted by atomic mass is 16.2. The van der Waals surface area contributed by atoms with Crippen molar-refractivity contribution < 1.29 is 4.79 Å². The Morgan fingerprint density at radius 3 is 3.06 bits per heavy atom. The zero-order valence-corrected chi connectivity index (χ0v) is 10.9. The van der Waals surface area contributed by atoms with Gasteiger partial charge >= 0.3 is 0 Å². The van der Waals surface area contributed by atoms with Gasteiger partial charge in [-0.2, -0.15) is 0 Å². The number of nitrogens with zero attached hydrogens (tertiary/aromatic N) is 1. The van der Waals surface area contributed by atoms with E-state index in [2.05, 4.69) is 30.1 Å². The minimum Gasteiger partial charge on any atom is -0.358 e. The van der Waals surface area contributed by atoms with Gasteiger partial charge in [-0.3, -0.25) is 4.79 Å². The summed E-state index contributed by atoms with van der Waals surface area (Å²) >= 11 is 0. The second kappa shape index (κ2) is 4.16. The molecule has 1 aromatic carbocycles. The highest BCUT2D eigenvalue weighted by Gasteiger charge is 2.22. The van der Waals surface area contributed by atoms with Crippen molar-refractivity contribution in [2.24, 2.45) is 0 Å². The van der Waals surface area contributed by atoms with Gasteiger partial charge in [0.2, 0.25) is 5.91 Å². The van der Waals surface area contributed by atoms with E-state index in [4.69, 9.17) is 0 Å². The fraction of sp³-hybridized carbons (Fsp3) is 0.400. The van der Waals surface area contributed by atoms with Crippen LogP contribution in [0.15, 0.2) is 18.2 Å². The zero-order valence-electron chi connectivity index (χ0n) is 10.9. The second-order valence-corrected chi connectivity index (χ2v) is 5.05. The van der Waals surface area contributed by atoms with Crippen molar-refractivity contribution in [3.05, 3.63) is 35.0 Å². The standard InChI is InChI=1S/C15H18N2O/c1-3-15(18)17-7-6-13-12(9-17)11-5-4-10(2)8-14(11)16-13/h4-5,8,16H,3,6-7,9H2,1-2H3. The van der Waals surface area contributed by atoms with Gasteiger partial charge in [-0.15, -0.1) is 0 Å². The molecule has 94 valence electrons. The first-order valence-electron chi connectivity index (χ1n) is 6.57. The molecular weight excluding hydrogens is 224 g/mol. The van der Waals surface area contributed by atoms with Crippen LogP contribution in [0.3, 0.4) is 0 Å². The Hall–Kier alpha value is -1.77. The number of hydrogen-bond donors (Lipinski definition) is 1. The van der Waals surface area contributed by atoms with E-state index in [1.165, 1.54) is 27.7 Å². The molecule has 1 amide bonds. The van der Waals surface area contributed by atoms with Crippen molar-refractivity contribution in [1.29, 1.82) is 0 Å². The SMILES string of the molecule is CCC(=O)N1CCc2[nH]c3cc(C)ccc3c2C1. The number of fused-ring (bicyclic) bond motifs is 3. The van der Waals surface area contributed by atoms with E-state index in [-0.39, 0.29) is 5.91 Å². The lowest BCUT2D eigenvalue weighted by molar-refractivity contribution is -0.131. The molecule has 0 bridgehead atoms. The van der Waals surface area contributed by atoms with E-state index in [9.17, 15) is 4.79 Å². The summed E-state index contributed by atoms with van der Waals surface area (Å²) in [5.41, 5.74) is 5.07. The first kappa shape index (κ1) is 11.3. The molecule has 0 spiro atoms. The van der Waals surface area contributed by atoms with Crippen molar-refractivity contribution in [1.82, 2.24) is 9.88 Å². The van der Waals surface area contributed by atoms with Crippen LogP contribution in [-0.4, -0.2) is 22.3 Å². The Morgan fingerprint density at radius 2 is 2.28 bits per heavy atom. The maximum atomic E-state index is 11.8. The van der Waals surface area contributed by atoms with E-state index in [1.807, 2.05) is 11.8 Å². The predicted octanol–water partition coefficient (Wildman–Crippen LogP) is 2.77. The van der Waals surface area contributed by atoms with Crippen molar-refractivity contribution in [3.63, 3.8) is 0 Å². The number of benzene rings is 1. The summed E-state index contributed by atoms with van der Waals surface area (Å²) in [5, 5.41) is 1.27. The minimum absolute atomic E-state index is 0.252. The third-order valence-electron chi connectivity index (χ3n) is 3.79. The maximum absolute atomic E-state index is 11.8. The molecule has 2 heterocycles. The molecule has 0 unspecified atom stereocenters. The molecule has 0 aliphatic carbocycles. The molecule has 3 rings (SSSR count). The molecule has 0 radical (unpaired) electrons. The summed E-state index contributed by atoms with van der Waals surface area (Å²) in [5.74, 6) is 0.252. The predicted molar refractivity (Wildman–Crippen MR) is 72.4 cm³/mol. The van der Waals surface area contributed by atoms with E-state index in [0.717, 1.165) is 19.5 Å². The van der Waals surface area contributed by atoms with Crippen LogP contribution in [0.5, 0.6) is 0 Å². The molecular formula is C15H18N2O. The number of aryl methyl sites for hydroxylation is 1. The van der Waals surface area contributed by atoms with Crippen LogP contribution >= 0.6 is 0 Å². The van der Waals surface area contributed by atoms with Crippen LogP contribution in [0.4, 0.5) is 0 Å². The van der Waals surface area contributed by atoms with E-state index >= 15 is 0 Å². The van der Waals surface area contributed by atoms with Gasteiger partial charge in [0.1, 0.15) is 0 Å². The molecule has 3 nitrogen and oxygen atoms in total. The van der Waals surface area contributed by atoms with Crippen molar-refractivity contribution >= 4 is 16.8 Å². The lowest BCUT2D eigenvalue weighted by atomic mass is 10.0. The van der Waals surface area contributed by atoms with Gasteiger partial charge in [0, 0.05) is 48.1 Å². The Labute approximate surface area is 107 Å². The number of nitrogens with one attached hydrogen (secondary N) is 1. The van der Waals surface area contributed by atoms with E-state index < -0.39 is 0 Å². The van der Waals surface area contributed by atoms with Gasteiger partial charge in [0.15, 0.2) is 0 Å². The lowest BCUT2D eigenvalue weighted by Gasteiger charge is -2.26. The lowest BCUT2D eigenvalue weighted by Crippen LogP contribution is -2.35. The minimum atomic E-state index is 0.252. The molecule has 1 aliphatic heterocycles. The fourth-order valence-corrected chi connectivity index (χ4v) is 2.77. The van der Waals surface area contributed by atoms with Crippen LogP contribution in [0, 0.1) is 6.92 Å². The Morgan fingerprint density at radius 1 is 1.44 bits per heavy atom. The summed E-state index contributed by atoms with van der Waals surface area (Å²) in [6.45, 7) is 5.62. The quantitative estimate of drug-likeness (QED) is 0.820. The zero-order chi connectivity index (χ0) is 12.7. The average molecular weight is 242 g/mol. The van der Waals surface area contributed by atoms with Crippen LogP contribution in [0.2, 0.25) is 0 Å². The summed E-state index contributed by atoms with van der Waals surface area (Å²) in [4.78, 5) is 17.3. The molecule has 0 saturated carbocycles. The van der Waals surface area contributed by atoms with Gasteiger partial charge in [-0.1, -0.05) is 19.1 Å². The van der Waals surface area contributed by atoms with Gasteiger partial charge < -0.3 is 9.88 Å². The first-order valence-corrected chi connectivity index (χ1v) is 6.57. The highest BCUT2D eigenvalue weighted by molar-refractivity contribution is 5.86. The number of carbonyl (C=O) groups is 1. The van der Waals surface area contributed by atoms with E-state index in [0.29, 0.717) is 6.42 Å². The Kier molecular flexibility index (Phi) is 2.62. The molecule has 0 fully saturated rings. The molecule has 0 saturated heterocycles. The number of aromatic nitrogens is 1. The average Bonchev–Trinajstić information content (AvgIpc) is 2.74. The van der Waals surface area contributed by atoms with Crippen LogP contribution in [0.25, 0.3) is 10.9 Å². The number of H-pyrrole nitrogens is 1. The largest absolute Gasteiger partial charge is 0.358 e. The van der Waals surface area contributed by atoms with Crippen molar-refractivity contribution in [2.75, 3.05) is 6.54 Å². The number of rotatable bonds is 1. The monoisotopic (exact) mass is 242 g/mol. The van der Waals surface area contributed by atoms with Crippen molar-refractivity contribution in [2.45, 2.75) is 33.2 Å². The molecule has 2 aromatic rings. The normalized spacial score (nSPS) is 14.9. The summed E-state index contributed by atoms with van der Waals surface area (Å²) < 4.78 is 0. The first-order chi connectivity index (χ1) is 8.69. The number of amides is 1. The summed E-state index contributed by atoms with van der Waals surface area (Å²) in [6.07, 6.45) is 1.53. The molecule has 1 N–H and O–H groups in total. The van der Waals surface area contributed by atoms with Crippen LogP contribution < -0.4 is 0 Å². The Bertz CT molecular complexity index is 612. The van der Waals surface area contributed by atoms with Crippen LogP contribution in [0.1, 0.15) is 30.2 Å². The third kappa shape index (κ3) is 1.70. The summed E-state index contributed by atoms with van der Waals surface area (Å²) in [6, 6.07) is 6.48. The number of carbonyl (C=O) groups excluding carboxylic acids is 1. The van der Waals surface area contributed by atoms with Gasteiger partial charge in [-0.25, -0.2) is 0 Å². The summed E-state index contributed by atoms with van der Waals surface area (Å²) in [7, 11) is 0.